The predicted molar refractivity (Wildman–Crippen MR) is 68.2 cm³/mol. The summed E-state index contributed by atoms with van der Waals surface area (Å²) in [6.45, 7) is 1.19. The van der Waals surface area contributed by atoms with Crippen LogP contribution in [0.25, 0.3) is 11.4 Å². The van der Waals surface area contributed by atoms with E-state index in [1.807, 2.05) is 24.1 Å². The van der Waals surface area contributed by atoms with Gasteiger partial charge < -0.3 is 9.63 Å². The van der Waals surface area contributed by atoms with Crippen molar-refractivity contribution in [2.45, 2.75) is 6.54 Å². The molecule has 2 aromatic rings. The number of aliphatic hydroxyl groups excluding tert-OH is 1. The van der Waals surface area contributed by atoms with Gasteiger partial charge in [0.05, 0.1) is 13.2 Å². The minimum Gasteiger partial charge on any atom is -0.395 e. The van der Waals surface area contributed by atoms with Crippen LogP contribution < -0.4 is 0 Å². The number of likely N-dealkylation sites (N-methyl/N-ethyl adjacent to an activating group) is 1. The Morgan fingerprint density at radius 3 is 2.72 bits per heavy atom. The second kappa shape index (κ2) is 5.95. The van der Waals surface area contributed by atoms with Gasteiger partial charge in [0.2, 0.25) is 11.7 Å². The number of rotatable bonds is 5. The molecule has 2 rings (SSSR count). The van der Waals surface area contributed by atoms with Crippen LogP contribution in [0.1, 0.15) is 5.89 Å². The molecule has 0 bridgehead atoms. The smallest absolute Gasteiger partial charge is 0.241 e. The Balaban J connectivity index is 2.08. The molecule has 0 spiro atoms. The second-order valence-corrected chi connectivity index (χ2v) is 4.42. The summed E-state index contributed by atoms with van der Waals surface area (Å²) in [5.74, 6) is 1.06. The van der Waals surface area contributed by atoms with Crippen LogP contribution in [0.4, 0.5) is 0 Å². The molecule has 18 heavy (non-hydrogen) atoms. The first-order chi connectivity index (χ1) is 8.69. The highest BCUT2D eigenvalue weighted by Crippen LogP contribution is 2.18. The van der Waals surface area contributed by atoms with Crippen LogP contribution in [0.3, 0.4) is 0 Å². The Hall–Kier alpha value is -1.43. The topological polar surface area (TPSA) is 62.4 Å². The van der Waals surface area contributed by atoms with Gasteiger partial charge >= 0.3 is 0 Å². The zero-order valence-corrected chi connectivity index (χ0v) is 10.8. The van der Waals surface area contributed by atoms with Gasteiger partial charge in [0.25, 0.3) is 0 Å². The molecule has 1 heterocycles. The maximum Gasteiger partial charge on any atom is 0.241 e. The van der Waals surface area contributed by atoms with Crippen LogP contribution in [0.5, 0.6) is 0 Å². The average molecular weight is 268 g/mol. The fourth-order valence-electron chi connectivity index (χ4n) is 1.52. The highest BCUT2D eigenvalue weighted by atomic mass is 35.5. The fraction of sp³-hybridized carbons (Fsp3) is 0.333. The van der Waals surface area contributed by atoms with Crippen LogP contribution in [0.2, 0.25) is 5.02 Å². The Morgan fingerprint density at radius 1 is 1.33 bits per heavy atom. The first-order valence-corrected chi connectivity index (χ1v) is 5.95. The fourth-order valence-corrected chi connectivity index (χ4v) is 1.64. The molecule has 1 N–H and O–H groups in total. The van der Waals surface area contributed by atoms with E-state index in [2.05, 4.69) is 10.1 Å². The second-order valence-electron chi connectivity index (χ2n) is 3.98. The molecule has 0 aliphatic carbocycles. The summed E-state index contributed by atoms with van der Waals surface area (Å²) in [5, 5.41) is 13.4. The monoisotopic (exact) mass is 267 g/mol. The lowest BCUT2D eigenvalue weighted by Gasteiger charge is -2.10. The van der Waals surface area contributed by atoms with Crippen molar-refractivity contribution in [3.05, 3.63) is 35.2 Å². The van der Waals surface area contributed by atoms with Crippen molar-refractivity contribution in [2.24, 2.45) is 0 Å². The number of benzene rings is 1. The van der Waals surface area contributed by atoms with E-state index in [-0.39, 0.29) is 6.61 Å². The van der Waals surface area contributed by atoms with E-state index in [9.17, 15) is 0 Å². The summed E-state index contributed by atoms with van der Waals surface area (Å²) < 4.78 is 5.15. The number of hydrogen-bond acceptors (Lipinski definition) is 5. The number of halogens is 1. The van der Waals surface area contributed by atoms with Crippen molar-refractivity contribution < 1.29 is 9.63 Å². The number of aromatic nitrogens is 2. The third kappa shape index (κ3) is 3.29. The molecule has 96 valence electrons. The van der Waals surface area contributed by atoms with Crippen LogP contribution >= 0.6 is 11.6 Å². The molecule has 5 nitrogen and oxygen atoms in total. The lowest BCUT2D eigenvalue weighted by Crippen LogP contribution is -2.21. The molecule has 6 heteroatoms. The van der Waals surface area contributed by atoms with E-state index in [0.717, 1.165) is 5.56 Å². The van der Waals surface area contributed by atoms with Crippen molar-refractivity contribution in [1.82, 2.24) is 15.0 Å². The maximum absolute atomic E-state index is 8.80. The van der Waals surface area contributed by atoms with E-state index < -0.39 is 0 Å². The van der Waals surface area contributed by atoms with E-state index in [1.165, 1.54) is 0 Å². The van der Waals surface area contributed by atoms with Gasteiger partial charge in [-0.2, -0.15) is 4.98 Å². The lowest BCUT2D eigenvalue weighted by molar-refractivity contribution is 0.200. The highest BCUT2D eigenvalue weighted by Gasteiger charge is 2.10. The van der Waals surface area contributed by atoms with E-state index in [0.29, 0.717) is 29.8 Å². The predicted octanol–water partition coefficient (Wildman–Crippen LogP) is 1.81. The van der Waals surface area contributed by atoms with Crippen molar-refractivity contribution in [3.63, 3.8) is 0 Å². The molecule has 0 saturated heterocycles. The van der Waals surface area contributed by atoms with E-state index in [4.69, 9.17) is 21.2 Å². The minimum atomic E-state index is 0.106. The van der Waals surface area contributed by atoms with Crippen LogP contribution in [-0.4, -0.2) is 40.3 Å². The molecule has 0 fully saturated rings. The van der Waals surface area contributed by atoms with Crippen LogP contribution in [0, 0.1) is 0 Å². The molecular weight excluding hydrogens is 254 g/mol. The van der Waals surface area contributed by atoms with Gasteiger partial charge in [-0.25, -0.2) is 0 Å². The van der Waals surface area contributed by atoms with Crippen molar-refractivity contribution >= 4 is 11.6 Å². The van der Waals surface area contributed by atoms with Gasteiger partial charge in [-0.1, -0.05) is 16.8 Å². The van der Waals surface area contributed by atoms with E-state index in [1.54, 1.807) is 12.1 Å². The highest BCUT2D eigenvalue weighted by molar-refractivity contribution is 6.30. The van der Waals surface area contributed by atoms with Crippen LogP contribution in [0.15, 0.2) is 28.8 Å². The summed E-state index contributed by atoms with van der Waals surface area (Å²) in [6.07, 6.45) is 0. The number of hydrogen-bond donors (Lipinski definition) is 1. The van der Waals surface area contributed by atoms with Gasteiger partial charge in [-0.05, 0) is 31.3 Å². The Kier molecular flexibility index (Phi) is 4.30. The normalized spacial score (nSPS) is 11.1. The number of nitrogens with zero attached hydrogens (tertiary/aromatic N) is 3. The standard InChI is InChI=1S/C12H14ClN3O2/c1-16(6-7-17)8-11-14-12(15-18-11)9-2-4-10(13)5-3-9/h2-5,17H,6-8H2,1H3. The van der Waals surface area contributed by atoms with Gasteiger partial charge in [-0.3, -0.25) is 4.90 Å². The average Bonchev–Trinajstić information content (AvgIpc) is 2.78. The summed E-state index contributed by atoms with van der Waals surface area (Å²) in [6, 6.07) is 7.25. The molecule has 0 amide bonds. The molecule has 1 aromatic heterocycles. The Labute approximate surface area is 110 Å². The van der Waals surface area contributed by atoms with Gasteiger partial charge in [0.15, 0.2) is 0 Å². The molecule has 0 radical (unpaired) electrons. The molecular formula is C12H14ClN3O2. The Morgan fingerprint density at radius 2 is 2.06 bits per heavy atom. The molecule has 0 unspecified atom stereocenters. The zero-order chi connectivity index (χ0) is 13.0. The van der Waals surface area contributed by atoms with Gasteiger partial charge in [-0.15, -0.1) is 0 Å². The summed E-state index contributed by atoms with van der Waals surface area (Å²) in [7, 11) is 1.88. The molecule has 0 saturated carbocycles. The zero-order valence-electron chi connectivity index (χ0n) is 10.0. The summed E-state index contributed by atoms with van der Waals surface area (Å²) >= 11 is 5.81. The van der Waals surface area contributed by atoms with Crippen molar-refractivity contribution in [3.8, 4) is 11.4 Å². The summed E-state index contributed by atoms with van der Waals surface area (Å²) in [4.78, 5) is 6.19. The SMILES string of the molecule is CN(CCO)Cc1nc(-c2ccc(Cl)cc2)no1. The third-order valence-corrected chi connectivity index (χ3v) is 2.71. The first kappa shape index (κ1) is 13.0. The van der Waals surface area contributed by atoms with Crippen molar-refractivity contribution in [1.29, 1.82) is 0 Å². The quantitative estimate of drug-likeness (QED) is 0.895. The molecule has 0 atom stereocenters. The third-order valence-electron chi connectivity index (χ3n) is 2.46. The summed E-state index contributed by atoms with van der Waals surface area (Å²) in [5.41, 5.74) is 0.860. The van der Waals surface area contributed by atoms with E-state index >= 15 is 0 Å². The molecule has 1 aromatic carbocycles. The molecule has 0 aliphatic rings. The Bertz CT molecular complexity index is 498. The van der Waals surface area contributed by atoms with Gasteiger partial charge in [0.1, 0.15) is 0 Å². The molecule has 0 aliphatic heterocycles. The lowest BCUT2D eigenvalue weighted by atomic mass is 10.2. The first-order valence-electron chi connectivity index (χ1n) is 5.57. The van der Waals surface area contributed by atoms with Gasteiger partial charge in [0, 0.05) is 17.1 Å². The maximum atomic E-state index is 8.80. The van der Waals surface area contributed by atoms with Crippen LogP contribution in [-0.2, 0) is 6.54 Å². The largest absolute Gasteiger partial charge is 0.395 e. The minimum absolute atomic E-state index is 0.106. The van der Waals surface area contributed by atoms with Crippen molar-refractivity contribution in [2.75, 3.05) is 20.2 Å². The number of aliphatic hydroxyl groups is 1.